The van der Waals surface area contributed by atoms with Crippen molar-refractivity contribution in [1.82, 2.24) is 10.2 Å². The molecule has 242 valence electrons. The lowest BCUT2D eigenvalue weighted by Crippen LogP contribution is -2.54. The first-order valence-corrected chi connectivity index (χ1v) is 17.8. The fraction of sp³-hybridized carbons (Fsp3) is 0.257. The smallest absolute Gasteiger partial charge is 0.264 e. The van der Waals surface area contributed by atoms with Crippen molar-refractivity contribution in [3.05, 3.63) is 128 Å². The second-order valence-corrected chi connectivity index (χ2v) is 14.6. The summed E-state index contributed by atoms with van der Waals surface area (Å²) in [5, 5.41) is 3.66. The molecule has 11 heteroatoms. The molecule has 0 saturated carbocycles. The number of hydrogen-bond acceptors (Lipinski definition) is 4. The molecule has 0 aliphatic heterocycles. The van der Waals surface area contributed by atoms with E-state index in [-0.39, 0.29) is 35.5 Å². The summed E-state index contributed by atoms with van der Waals surface area (Å²) in [6.07, 6.45) is 0.861. The Morgan fingerprint density at radius 1 is 0.870 bits per heavy atom. The van der Waals surface area contributed by atoms with Crippen LogP contribution in [0, 0.1) is 6.92 Å². The van der Waals surface area contributed by atoms with Crippen LogP contribution in [0.2, 0.25) is 10.0 Å². The molecule has 0 aromatic heterocycles. The Kier molecular flexibility index (Phi) is 12.3. The average molecular weight is 746 g/mol. The van der Waals surface area contributed by atoms with Gasteiger partial charge in [0.25, 0.3) is 10.0 Å². The first-order valence-electron chi connectivity index (χ1n) is 14.8. The van der Waals surface area contributed by atoms with Gasteiger partial charge in [-0.2, -0.15) is 0 Å². The zero-order chi connectivity index (χ0) is 33.4. The molecule has 0 aliphatic rings. The molecule has 0 aliphatic carbocycles. The lowest BCUT2D eigenvalue weighted by molar-refractivity contribution is -0.140. The van der Waals surface area contributed by atoms with Gasteiger partial charge in [0.2, 0.25) is 11.8 Å². The van der Waals surface area contributed by atoms with Gasteiger partial charge in [0.05, 0.1) is 10.6 Å². The minimum absolute atomic E-state index is 0.0323. The molecule has 0 heterocycles. The lowest BCUT2D eigenvalue weighted by atomic mass is 10.0. The van der Waals surface area contributed by atoms with Crippen LogP contribution in [-0.2, 0) is 32.6 Å². The van der Waals surface area contributed by atoms with Gasteiger partial charge in [0.15, 0.2) is 0 Å². The number of sulfonamides is 1. The van der Waals surface area contributed by atoms with Crippen LogP contribution in [0.4, 0.5) is 5.69 Å². The number of hydrogen-bond donors (Lipinski definition) is 1. The Bertz CT molecular complexity index is 1740. The highest BCUT2D eigenvalue weighted by Crippen LogP contribution is 2.29. The third-order valence-electron chi connectivity index (χ3n) is 7.66. The maximum absolute atomic E-state index is 14.6. The fourth-order valence-electron chi connectivity index (χ4n) is 4.82. The topological polar surface area (TPSA) is 86.8 Å². The van der Waals surface area contributed by atoms with E-state index in [1.165, 1.54) is 17.0 Å². The van der Waals surface area contributed by atoms with Gasteiger partial charge in [-0.25, -0.2) is 8.42 Å². The van der Waals surface area contributed by atoms with E-state index in [9.17, 15) is 18.0 Å². The van der Waals surface area contributed by atoms with Crippen LogP contribution in [0.1, 0.15) is 37.0 Å². The molecule has 46 heavy (non-hydrogen) atoms. The summed E-state index contributed by atoms with van der Waals surface area (Å²) >= 11 is 16.6. The average Bonchev–Trinajstić information content (AvgIpc) is 3.03. The second-order valence-electron chi connectivity index (χ2n) is 11.0. The van der Waals surface area contributed by atoms with Gasteiger partial charge in [-0.1, -0.05) is 100 Å². The Morgan fingerprint density at radius 2 is 1.48 bits per heavy atom. The number of rotatable bonds is 13. The van der Waals surface area contributed by atoms with Gasteiger partial charge in [-0.3, -0.25) is 13.9 Å². The predicted molar refractivity (Wildman–Crippen MR) is 189 cm³/mol. The lowest BCUT2D eigenvalue weighted by Gasteiger charge is -2.34. The van der Waals surface area contributed by atoms with Crippen LogP contribution < -0.4 is 9.62 Å². The number of aryl methyl sites for hydroxylation is 1. The van der Waals surface area contributed by atoms with Gasteiger partial charge in [-0.05, 0) is 74.4 Å². The summed E-state index contributed by atoms with van der Waals surface area (Å²) in [4.78, 5) is 30.0. The minimum atomic E-state index is -4.21. The van der Waals surface area contributed by atoms with Crippen LogP contribution in [0.15, 0.2) is 106 Å². The van der Waals surface area contributed by atoms with E-state index in [1.54, 1.807) is 54.6 Å². The zero-order valence-corrected chi connectivity index (χ0v) is 29.7. The highest BCUT2D eigenvalue weighted by atomic mass is 79.9. The van der Waals surface area contributed by atoms with Gasteiger partial charge in [0, 0.05) is 39.1 Å². The second kappa shape index (κ2) is 16.0. The monoisotopic (exact) mass is 743 g/mol. The molecule has 2 amide bonds. The number of halogens is 3. The molecule has 4 aromatic rings. The third-order valence-corrected chi connectivity index (χ3v) is 10.7. The van der Waals surface area contributed by atoms with Crippen molar-refractivity contribution in [1.29, 1.82) is 0 Å². The minimum Gasteiger partial charge on any atom is -0.352 e. The number of benzene rings is 4. The van der Waals surface area contributed by atoms with Gasteiger partial charge >= 0.3 is 0 Å². The largest absolute Gasteiger partial charge is 0.352 e. The van der Waals surface area contributed by atoms with Crippen LogP contribution in [0.25, 0.3) is 0 Å². The number of amides is 2. The zero-order valence-electron chi connectivity index (χ0n) is 25.8. The van der Waals surface area contributed by atoms with Crippen molar-refractivity contribution in [3.8, 4) is 0 Å². The number of carbonyl (C=O) groups is 2. The molecular formula is C35H36BrCl2N3O4S. The molecule has 4 aromatic carbocycles. The van der Waals surface area contributed by atoms with Crippen molar-refractivity contribution < 1.29 is 18.0 Å². The van der Waals surface area contributed by atoms with Crippen LogP contribution >= 0.6 is 39.1 Å². The normalized spacial score (nSPS) is 12.7. The van der Waals surface area contributed by atoms with E-state index < -0.39 is 28.5 Å². The van der Waals surface area contributed by atoms with E-state index in [0.29, 0.717) is 22.0 Å². The molecule has 0 unspecified atom stereocenters. The van der Waals surface area contributed by atoms with E-state index >= 15 is 0 Å². The van der Waals surface area contributed by atoms with Gasteiger partial charge < -0.3 is 10.2 Å². The summed E-state index contributed by atoms with van der Waals surface area (Å²) in [6, 6.07) is 26.3. The summed E-state index contributed by atoms with van der Waals surface area (Å²) < 4.78 is 30.1. The summed E-state index contributed by atoms with van der Waals surface area (Å²) in [5.74, 6) is -0.971. The van der Waals surface area contributed by atoms with Crippen LogP contribution in [0.5, 0.6) is 0 Å². The maximum atomic E-state index is 14.6. The Hall–Kier alpha value is -3.37. The first-order chi connectivity index (χ1) is 21.9. The Labute approximate surface area is 289 Å². The highest BCUT2D eigenvalue weighted by Gasteiger charge is 2.35. The van der Waals surface area contributed by atoms with Crippen molar-refractivity contribution >= 4 is 66.7 Å². The van der Waals surface area contributed by atoms with Crippen molar-refractivity contribution in [3.63, 3.8) is 0 Å². The predicted octanol–water partition coefficient (Wildman–Crippen LogP) is 7.81. The Balaban J connectivity index is 1.84. The molecule has 0 bridgehead atoms. The molecule has 0 saturated heterocycles. The van der Waals surface area contributed by atoms with Crippen molar-refractivity contribution in [2.75, 3.05) is 10.8 Å². The molecule has 4 rings (SSSR count). The van der Waals surface area contributed by atoms with E-state index in [0.717, 1.165) is 19.9 Å². The molecule has 2 atom stereocenters. The molecular weight excluding hydrogens is 709 g/mol. The van der Waals surface area contributed by atoms with Crippen LogP contribution in [0.3, 0.4) is 0 Å². The maximum Gasteiger partial charge on any atom is 0.264 e. The molecule has 0 radical (unpaired) electrons. The molecule has 0 fully saturated rings. The molecule has 1 N–H and O–H groups in total. The number of nitrogens with one attached hydrogen (secondary N) is 1. The van der Waals surface area contributed by atoms with Crippen molar-refractivity contribution in [2.24, 2.45) is 0 Å². The van der Waals surface area contributed by atoms with E-state index in [2.05, 4.69) is 21.2 Å². The standard InChI is InChI=1S/C35H36BrCl2N3O4S/c1-4-25(3)39-35(43)33(21-26-9-6-5-7-10-26)40(22-30-31(37)11-8-12-32(30)38)34(42)23-41(28-17-15-27(36)16-18-28)46(44,45)29-19-13-24(2)14-20-29/h5-20,25,33H,4,21-23H2,1-3H3,(H,39,43)/t25-,33-/m1/s1. The third kappa shape index (κ3) is 8.91. The van der Waals surface area contributed by atoms with Gasteiger partial charge in [-0.15, -0.1) is 0 Å². The molecule has 0 spiro atoms. The van der Waals surface area contributed by atoms with Crippen LogP contribution in [-0.4, -0.2) is 43.8 Å². The fourth-order valence-corrected chi connectivity index (χ4v) is 7.02. The summed E-state index contributed by atoms with van der Waals surface area (Å²) in [6.45, 7) is 5.00. The first kappa shape index (κ1) is 35.5. The number of carbonyl (C=O) groups excluding carboxylic acids is 2. The molecule has 7 nitrogen and oxygen atoms in total. The highest BCUT2D eigenvalue weighted by molar-refractivity contribution is 9.10. The van der Waals surface area contributed by atoms with E-state index in [4.69, 9.17) is 23.2 Å². The van der Waals surface area contributed by atoms with Crippen molar-refractivity contribution in [2.45, 2.75) is 57.1 Å². The van der Waals surface area contributed by atoms with Gasteiger partial charge in [0.1, 0.15) is 12.6 Å². The number of anilines is 1. The summed E-state index contributed by atoms with van der Waals surface area (Å²) in [7, 11) is -4.21. The quantitative estimate of drug-likeness (QED) is 0.151. The Morgan fingerprint density at radius 3 is 2.07 bits per heavy atom. The number of nitrogens with zero attached hydrogens (tertiary/aromatic N) is 2. The SMILES string of the molecule is CC[C@@H](C)NC(=O)[C@@H](Cc1ccccc1)N(Cc1c(Cl)cccc1Cl)C(=O)CN(c1ccc(Br)cc1)S(=O)(=O)c1ccc(C)cc1. The van der Waals surface area contributed by atoms with E-state index in [1.807, 2.05) is 51.1 Å². The summed E-state index contributed by atoms with van der Waals surface area (Å²) in [5.41, 5.74) is 2.46.